The molecule has 0 spiro atoms. The van der Waals surface area contributed by atoms with E-state index >= 15 is 0 Å². The van der Waals surface area contributed by atoms with Gasteiger partial charge >= 0.3 is 11.8 Å². The van der Waals surface area contributed by atoms with Crippen LogP contribution in [-0.2, 0) is 17.6 Å². The van der Waals surface area contributed by atoms with Crippen LogP contribution in [0.5, 0.6) is 0 Å². The lowest BCUT2D eigenvalue weighted by molar-refractivity contribution is -0.138. The number of aryl methyl sites for hydroxylation is 2. The topological polar surface area (TPSA) is 130 Å². The molecule has 23 heavy (non-hydrogen) atoms. The molecule has 0 aromatic carbocycles. The molecule has 126 valence electrons. The van der Waals surface area contributed by atoms with Crippen LogP contribution in [0.15, 0.2) is 13.6 Å². The second kappa shape index (κ2) is 6.82. The van der Waals surface area contributed by atoms with Gasteiger partial charge in [-0.2, -0.15) is 0 Å². The molecule has 0 aliphatic carbocycles. The Morgan fingerprint density at radius 3 is 2.57 bits per heavy atom. The van der Waals surface area contributed by atoms with E-state index in [0.717, 1.165) is 6.42 Å². The van der Waals surface area contributed by atoms with E-state index in [9.17, 15) is 19.8 Å². The van der Waals surface area contributed by atoms with Gasteiger partial charge in [-0.05, 0) is 20.3 Å². The number of H-pyrrole nitrogens is 1. The zero-order valence-corrected chi connectivity index (χ0v) is 13.3. The number of aliphatic hydroxyl groups is 1. The first-order chi connectivity index (χ1) is 10.8. The molecule has 2 rings (SSSR count). The maximum absolute atomic E-state index is 11.7. The third-order valence-electron chi connectivity index (χ3n) is 3.41. The van der Waals surface area contributed by atoms with E-state index < -0.39 is 23.8 Å². The molecule has 0 saturated heterocycles. The van der Waals surface area contributed by atoms with Crippen molar-refractivity contribution in [3.05, 3.63) is 39.3 Å². The van der Waals surface area contributed by atoms with E-state index in [2.05, 4.69) is 9.97 Å². The molecule has 3 N–H and O–H groups in total. The van der Waals surface area contributed by atoms with Crippen LogP contribution in [0.1, 0.15) is 54.9 Å². The van der Waals surface area contributed by atoms with Crippen LogP contribution in [0, 0.1) is 6.92 Å². The van der Waals surface area contributed by atoms with E-state index in [1.165, 1.54) is 6.92 Å². The minimum absolute atomic E-state index is 0.0797. The Morgan fingerprint density at radius 2 is 2.09 bits per heavy atom. The van der Waals surface area contributed by atoms with Gasteiger partial charge in [0.05, 0.1) is 11.8 Å². The number of imidazole rings is 1. The van der Waals surface area contributed by atoms with E-state index in [4.69, 9.17) is 8.83 Å². The number of carbonyl (C=O) groups is 1. The maximum atomic E-state index is 11.7. The third kappa shape index (κ3) is 3.70. The van der Waals surface area contributed by atoms with Crippen molar-refractivity contribution in [3.63, 3.8) is 0 Å². The zero-order chi connectivity index (χ0) is 17.1. The lowest BCUT2D eigenvalue weighted by Crippen LogP contribution is -2.17. The molecule has 2 aromatic heterocycles. The number of rotatable bonds is 7. The van der Waals surface area contributed by atoms with Gasteiger partial charge in [-0.1, -0.05) is 6.92 Å². The Balaban J connectivity index is 2.56. The summed E-state index contributed by atoms with van der Waals surface area (Å²) in [4.78, 5) is 30.4. The second-order valence-corrected chi connectivity index (χ2v) is 5.50. The molecular weight excluding hydrogens is 304 g/mol. The first-order valence-corrected chi connectivity index (χ1v) is 7.42. The molecule has 8 nitrogen and oxygen atoms in total. The number of carboxylic acids is 1. The molecule has 2 aromatic rings. The molecule has 0 aliphatic heterocycles. The van der Waals surface area contributed by atoms with Gasteiger partial charge in [0.2, 0.25) is 0 Å². The van der Waals surface area contributed by atoms with Crippen molar-refractivity contribution < 1.29 is 23.8 Å². The Bertz CT molecular complexity index is 739. The van der Waals surface area contributed by atoms with E-state index in [-0.39, 0.29) is 23.6 Å². The van der Waals surface area contributed by atoms with Crippen LogP contribution >= 0.6 is 0 Å². The molecule has 2 unspecified atom stereocenters. The number of aliphatic carboxylic acids is 1. The predicted molar refractivity (Wildman–Crippen MR) is 79.4 cm³/mol. The Morgan fingerprint density at radius 1 is 1.39 bits per heavy atom. The van der Waals surface area contributed by atoms with Gasteiger partial charge in [0, 0.05) is 18.5 Å². The number of aliphatic hydroxyl groups excluding tert-OH is 1. The minimum atomic E-state index is -1.27. The summed E-state index contributed by atoms with van der Waals surface area (Å²) < 4.78 is 9.67. The Labute approximate surface area is 132 Å². The summed E-state index contributed by atoms with van der Waals surface area (Å²) in [7, 11) is 0. The summed E-state index contributed by atoms with van der Waals surface area (Å²) >= 11 is 0. The molecule has 0 bridgehead atoms. The molecule has 0 radical (unpaired) electrons. The molecule has 2 heterocycles. The molecular formula is C15H20N2O6. The number of aromatic amines is 1. The normalized spacial score (nSPS) is 13.9. The Kier molecular flexibility index (Phi) is 5.05. The summed E-state index contributed by atoms with van der Waals surface area (Å²) in [6, 6.07) is 0. The highest BCUT2D eigenvalue weighted by Crippen LogP contribution is 2.29. The average molecular weight is 324 g/mol. The van der Waals surface area contributed by atoms with Crippen LogP contribution in [0.3, 0.4) is 0 Å². The van der Waals surface area contributed by atoms with Crippen molar-refractivity contribution in [1.82, 2.24) is 9.97 Å². The molecule has 0 aliphatic rings. The molecule has 2 atom stereocenters. The summed E-state index contributed by atoms with van der Waals surface area (Å²) in [5.74, 6) is -2.77. The van der Waals surface area contributed by atoms with Crippen LogP contribution in [-0.4, -0.2) is 32.3 Å². The number of hydrogen-bond acceptors (Lipinski definition) is 6. The van der Waals surface area contributed by atoms with Crippen molar-refractivity contribution in [2.45, 2.75) is 52.1 Å². The predicted octanol–water partition coefficient (Wildman–Crippen LogP) is 1.36. The van der Waals surface area contributed by atoms with E-state index in [1.54, 1.807) is 6.92 Å². The molecule has 0 amide bonds. The van der Waals surface area contributed by atoms with Crippen molar-refractivity contribution in [2.24, 2.45) is 0 Å². The van der Waals surface area contributed by atoms with Crippen molar-refractivity contribution >= 4 is 5.97 Å². The number of aromatic nitrogens is 2. The smallest absolute Gasteiger partial charge is 0.480 e. The highest BCUT2D eigenvalue weighted by atomic mass is 16.6. The monoisotopic (exact) mass is 324 g/mol. The van der Waals surface area contributed by atoms with Crippen LogP contribution in [0.2, 0.25) is 0 Å². The standard InChI is InChI=1S/C15H20N2O6/c1-4-5-10-16-9(6-7(2)18)12(17-10)11(14(19)20)13-8(3)22-15(21)23-13/h7,11,18H,4-6H2,1-3H3,(H,16,17)(H,19,20). The molecule has 0 fully saturated rings. The lowest BCUT2D eigenvalue weighted by Gasteiger charge is -2.10. The molecule has 0 saturated carbocycles. The van der Waals surface area contributed by atoms with Crippen molar-refractivity contribution in [1.29, 1.82) is 0 Å². The fraction of sp³-hybridized carbons (Fsp3) is 0.533. The van der Waals surface area contributed by atoms with Crippen LogP contribution in [0.4, 0.5) is 0 Å². The highest BCUT2D eigenvalue weighted by Gasteiger charge is 2.34. The van der Waals surface area contributed by atoms with E-state index in [1.807, 2.05) is 6.92 Å². The number of nitrogens with one attached hydrogen (secondary N) is 1. The van der Waals surface area contributed by atoms with Crippen LogP contribution < -0.4 is 5.82 Å². The van der Waals surface area contributed by atoms with Gasteiger partial charge in [-0.25, -0.2) is 9.78 Å². The summed E-state index contributed by atoms with van der Waals surface area (Å²) in [6.45, 7) is 5.04. The average Bonchev–Trinajstić information content (AvgIpc) is 2.94. The van der Waals surface area contributed by atoms with Gasteiger partial charge in [0.25, 0.3) is 0 Å². The van der Waals surface area contributed by atoms with Gasteiger partial charge < -0.3 is 24.0 Å². The summed E-state index contributed by atoms with van der Waals surface area (Å²) in [5, 5.41) is 19.2. The fourth-order valence-electron chi connectivity index (χ4n) is 2.50. The van der Waals surface area contributed by atoms with Crippen molar-refractivity contribution in [2.75, 3.05) is 0 Å². The first kappa shape index (κ1) is 17.0. The largest absolute Gasteiger partial charge is 0.519 e. The summed E-state index contributed by atoms with van der Waals surface area (Å²) in [6.07, 6.45) is 1.03. The van der Waals surface area contributed by atoms with Crippen molar-refractivity contribution in [3.8, 4) is 0 Å². The highest BCUT2D eigenvalue weighted by molar-refractivity contribution is 5.79. The maximum Gasteiger partial charge on any atom is 0.519 e. The third-order valence-corrected chi connectivity index (χ3v) is 3.41. The molecule has 8 heteroatoms. The van der Waals surface area contributed by atoms with E-state index in [0.29, 0.717) is 17.9 Å². The van der Waals surface area contributed by atoms with Gasteiger partial charge in [-0.15, -0.1) is 0 Å². The SMILES string of the molecule is CCCc1nc(C(C(=O)O)c2oc(=O)oc2C)c(CC(C)O)[nH]1. The minimum Gasteiger partial charge on any atom is -0.480 e. The number of nitrogens with zero attached hydrogens (tertiary/aromatic N) is 1. The number of hydrogen-bond donors (Lipinski definition) is 3. The Hall–Kier alpha value is -2.35. The zero-order valence-electron chi connectivity index (χ0n) is 13.3. The van der Waals surface area contributed by atoms with Gasteiger partial charge in [-0.3, -0.25) is 4.79 Å². The van der Waals surface area contributed by atoms with Crippen LogP contribution in [0.25, 0.3) is 0 Å². The van der Waals surface area contributed by atoms with Gasteiger partial charge in [0.1, 0.15) is 11.6 Å². The lowest BCUT2D eigenvalue weighted by atomic mass is 9.98. The summed E-state index contributed by atoms with van der Waals surface area (Å²) in [5.41, 5.74) is 0.744. The van der Waals surface area contributed by atoms with Gasteiger partial charge in [0.15, 0.2) is 11.7 Å². The quantitative estimate of drug-likeness (QED) is 0.701. The first-order valence-electron chi connectivity index (χ1n) is 7.42. The second-order valence-electron chi connectivity index (χ2n) is 5.50. The number of carboxylic acid groups (broad SMARTS) is 1. The fourth-order valence-corrected chi connectivity index (χ4v) is 2.50.